The highest BCUT2D eigenvalue weighted by Crippen LogP contribution is 2.18. The summed E-state index contributed by atoms with van der Waals surface area (Å²) < 4.78 is 0.956. The first-order chi connectivity index (χ1) is 6.63. The minimum atomic E-state index is -0.539. The number of hydrogen-bond donors (Lipinski definition) is 1. The van der Waals surface area contributed by atoms with Crippen LogP contribution in [-0.2, 0) is 4.79 Å². The molecule has 1 N–H and O–H groups in total. The van der Waals surface area contributed by atoms with E-state index < -0.39 is 5.91 Å². The molecule has 0 unspecified atom stereocenters. The van der Waals surface area contributed by atoms with E-state index in [4.69, 9.17) is 5.53 Å². The molecule has 4 heteroatoms. The molecule has 0 aliphatic carbocycles. The molecular weight excluding hydrogens is 244 g/mol. The first kappa shape index (κ1) is 10.8. The topological polar surface area (TPSA) is 53.3 Å². The SMILES string of the molecule is C/C(=C\C(=O)N=N)c1cccc(Br)c1. The lowest BCUT2D eigenvalue weighted by Gasteiger charge is -2.00. The van der Waals surface area contributed by atoms with E-state index in [1.54, 1.807) is 0 Å². The van der Waals surface area contributed by atoms with E-state index in [9.17, 15) is 4.79 Å². The van der Waals surface area contributed by atoms with E-state index in [0.717, 1.165) is 15.6 Å². The first-order valence-corrected chi connectivity index (χ1v) is 4.78. The lowest BCUT2D eigenvalue weighted by atomic mass is 10.1. The van der Waals surface area contributed by atoms with Gasteiger partial charge < -0.3 is 0 Å². The zero-order valence-corrected chi connectivity index (χ0v) is 9.21. The Bertz CT molecular complexity index is 399. The molecule has 0 radical (unpaired) electrons. The van der Waals surface area contributed by atoms with E-state index in [2.05, 4.69) is 21.0 Å². The molecule has 0 saturated heterocycles. The highest BCUT2D eigenvalue weighted by molar-refractivity contribution is 9.10. The number of allylic oxidation sites excluding steroid dienone is 1. The van der Waals surface area contributed by atoms with Crippen molar-refractivity contribution in [1.82, 2.24) is 0 Å². The van der Waals surface area contributed by atoms with Crippen molar-refractivity contribution in [2.45, 2.75) is 6.92 Å². The van der Waals surface area contributed by atoms with Crippen molar-refractivity contribution in [3.05, 3.63) is 40.4 Å². The zero-order valence-electron chi connectivity index (χ0n) is 7.62. The fourth-order valence-electron chi connectivity index (χ4n) is 1.03. The summed E-state index contributed by atoms with van der Waals surface area (Å²) in [5.41, 5.74) is 8.27. The fraction of sp³-hybridized carbons (Fsp3) is 0.100. The van der Waals surface area contributed by atoms with Crippen molar-refractivity contribution in [2.75, 3.05) is 0 Å². The molecule has 0 aliphatic rings. The fourth-order valence-corrected chi connectivity index (χ4v) is 1.43. The van der Waals surface area contributed by atoms with Gasteiger partial charge in [0.1, 0.15) is 0 Å². The normalized spacial score (nSPS) is 11.1. The molecule has 0 atom stereocenters. The number of carbonyl (C=O) groups excluding carboxylic acids is 1. The number of amides is 1. The van der Waals surface area contributed by atoms with Gasteiger partial charge in [0, 0.05) is 10.5 Å². The summed E-state index contributed by atoms with van der Waals surface area (Å²) in [6, 6.07) is 7.60. The molecule has 3 nitrogen and oxygen atoms in total. The van der Waals surface area contributed by atoms with Crippen molar-refractivity contribution in [3.8, 4) is 0 Å². The Morgan fingerprint density at radius 3 is 2.86 bits per heavy atom. The maximum Gasteiger partial charge on any atom is 0.287 e. The van der Waals surface area contributed by atoms with Crippen LogP contribution in [0.5, 0.6) is 0 Å². The largest absolute Gasteiger partial charge is 0.287 e. The Labute approximate surface area is 90.5 Å². The van der Waals surface area contributed by atoms with Gasteiger partial charge in [-0.05, 0) is 30.2 Å². The Kier molecular flexibility index (Phi) is 3.71. The van der Waals surface area contributed by atoms with Gasteiger partial charge >= 0.3 is 0 Å². The molecule has 1 rings (SSSR count). The predicted molar refractivity (Wildman–Crippen MR) is 57.9 cm³/mol. The monoisotopic (exact) mass is 252 g/mol. The van der Waals surface area contributed by atoms with E-state index in [-0.39, 0.29) is 0 Å². The molecule has 0 spiro atoms. The van der Waals surface area contributed by atoms with E-state index >= 15 is 0 Å². The Morgan fingerprint density at radius 2 is 2.29 bits per heavy atom. The minimum absolute atomic E-state index is 0.539. The maximum atomic E-state index is 10.8. The molecule has 1 amide bonds. The lowest BCUT2D eigenvalue weighted by molar-refractivity contribution is -0.114. The highest BCUT2D eigenvalue weighted by Gasteiger charge is 1.99. The van der Waals surface area contributed by atoms with Gasteiger partial charge in [-0.1, -0.05) is 28.1 Å². The van der Waals surface area contributed by atoms with Crippen molar-refractivity contribution in [2.24, 2.45) is 5.11 Å². The number of rotatable bonds is 2. The third-order valence-corrected chi connectivity index (χ3v) is 2.22. The number of carbonyl (C=O) groups is 1. The van der Waals surface area contributed by atoms with Crippen molar-refractivity contribution in [3.63, 3.8) is 0 Å². The van der Waals surface area contributed by atoms with Crippen molar-refractivity contribution in [1.29, 1.82) is 5.53 Å². The molecule has 1 aromatic carbocycles. The van der Waals surface area contributed by atoms with Crippen molar-refractivity contribution < 1.29 is 4.79 Å². The van der Waals surface area contributed by atoms with Gasteiger partial charge in [-0.2, -0.15) is 0 Å². The van der Waals surface area contributed by atoms with Gasteiger partial charge in [-0.3, -0.25) is 4.79 Å². The van der Waals surface area contributed by atoms with Crippen LogP contribution < -0.4 is 0 Å². The van der Waals surface area contributed by atoms with Crippen LogP contribution in [0.2, 0.25) is 0 Å². The summed E-state index contributed by atoms with van der Waals surface area (Å²) in [5, 5.41) is 2.80. The van der Waals surface area contributed by atoms with Crippen LogP contribution in [0.3, 0.4) is 0 Å². The molecule has 0 heterocycles. The molecular formula is C10H9BrN2O. The summed E-state index contributed by atoms with van der Waals surface area (Å²) in [6.07, 6.45) is 1.34. The average molecular weight is 253 g/mol. The molecule has 0 fully saturated rings. The quantitative estimate of drug-likeness (QED) is 0.637. The maximum absolute atomic E-state index is 10.8. The van der Waals surface area contributed by atoms with Crippen LogP contribution in [0, 0.1) is 5.53 Å². The highest BCUT2D eigenvalue weighted by atomic mass is 79.9. The summed E-state index contributed by atoms with van der Waals surface area (Å²) >= 11 is 3.34. The molecule has 14 heavy (non-hydrogen) atoms. The third kappa shape index (κ3) is 2.88. The molecule has 0 saturated carbocycles. The number of nitrogens with one attached hydrogen (secondary N) is 1. The van der Waals surface area contributed by atoms with E-state index in [0.29, 0.717) is 0 Å². The van der Waals surface area contributed by atoms with Gasteiger partial charge in [-0.15, -0.1) is 5.11 Å². The third-order valence-electron chi connectivity index (χ3n) is 1.73. The summed E-state index contributed by atoms with van der Waals surface area (Å²) in [7, 11) is 0. The number of halogens is 1. The molecule has 0 bridgehead atoms. The number of nitrogens with zero attached hydrogens (tertiary/aromatic N) is 1. The second-order valence-electron chi connectivity index (χ2n) is 2.79. The first-order valence-electron chi connectivity index (χ1n) is 3.99. The van der Waals surface area contributed by atoms with Gasteiger partial charge in [0.15, 0.2) is 0 Å². The van der Waals surface area contributed by atoms with Crippen LogP contribution in [0.15, 0.2) is 39.9 Å². The Balaban J connectivity index is 3.00. The molecule has 1 aromatic rings. The number of hydrogen-bond acceptors (Lipinski definition) is 2. The van der Waals surface area contributed by atoms with E-state index in [1.807, 2.05) is 31.2 Å². The van der Waals surface area contributed by atoms with Crippen LogP contribution in [0.25, 0.3) is 5.57 Å². The van der Waals surface area contributed by atoms with Gasteiger partial charge in [-0.25, -0.2) is 5.53 Å². The predicted octanol–water partition coefficient (Wildman–Crippen LogP) is 3.41. The summed E-state index contributed by atoms with van der Waals surface area (Å²) in [5.74, 6) is -0.539. The smallest absolute Gasteiger partial charge is 0.266 e. The molecule has 0 aromatic heterocycles. The average Bonchev–Trinajstić information content (AvgIpc) is 2.17. The Morgan fingerprint density at radius 1 is 1.57 bits per heavy atom. The standard InChI is InChI=1S/C10H9BrN2O/c1-7(5-10(14)13-12)8-3-2-4-9(11)6-8/h2-6,12H,1H3/b7-5+,13-12?. The second kappa shape index (κ2) is 4.81. The molecule has 0 aliphatic heterocycles. The van der Waals surface area contributed by atoms with Crippen LogP contribution >= 0.6 is 15.9 Å². The second-order valence-corrected chi connectivity index (χ2v) is 3.70. The van der Waals surface area contributed by atoms with Gasteiger partial charge in [0.25, 0.3) is 5.91 Å². The van der Waals surface area contributed by atoms with Crippen LogP contribution in [0.1, 0.15) is 12.5 Å². The number of benzene rings is 1. The molecule has 72 valence electrons. The summed E-state index contributed by atoms with van der Waals surface area (Å²) in [6.45, 7) is 1.81. The Hall–Kier alpha value is -1.29. The van der Waals surface area contributed by atoms with Gasteiger partial charge in [0.05, 0.1) is 0 Å². The summed E-state index contributed by atoms with van der Waals surface area (Å²) in [4.78, 5) is 10.8. The van der Waals surface area contributed by atoms with Crippen LogP contribution in [0.4, 0.5) is 0 Å². The van der Waals surface area contributed by atoms with Gasteiger partial charge in [0.2, 0.25) is 0 Å². The minimum Gasteiger partial charge on any atom is -0.266 e. The van der Waals surface area contributed by atoms with E-state index in [1.165, 1.54) is 6.08 Å². The van der Waals surface area contributed by atoms with Crippen molar-refractivity contribution >= 4 is 27.4 Å². The lowest BCUT2D eigenvalue weighted by Crippen LogP contribution is -1.87. The zero-order chi connectivity index (χ0) is 10.6. The van der Waals surface area contributed by atoms with Crippen LogP contribution in [-0.4, -0.2) is 5.91 Å².